The van der Waals surface area contributed by atoms with Crippen molar-refractivity contribution >= 4 is 0 Å². The maximum atomic E-state index is 10.3. The van der Waals surface area contributed by atoms with Crippen molar-refractivity contribution in [2.24, 2.45) is 0 Å². The van der Waals surface area contributed by atoms with Gasteiger partial charge in [0.1, 0.15) is 17.9 Å². The maximum Gasteiger partial charge on any atom is 0.138 e. The van der Waals surface area contributed by atoms with Gasteiger partial charge in [-0.25, -0.2) is 4.98 Å². The number of ether oxygens (including phenoxy) is 1. The number of aromatic nitrogens is 3. The summed E-state index contributed by atoms with van der Waals surface area (Å²) in [5, 5.41) is 14.4. The van der Waals surface area contributed by atoms with Crippen LogP contribution in [0.3, 0.4) is 0 Å². The molecule has 0 radical (unpaired) electrons. The van der Waals surface area contributed by atoms with Crippen molar-refractivity contribution in [1.29, 1.82) is 0 Å². The monoisotopic (exact) mass is 261 g/mol. The number of hydrogen-bond acceptors (Lipinski definition) is 4. The number of nitrogens with zero attached hydrogens (tertiary/aromatic N) is 3. The van der Waals surface area contributed by atoms with Gasteiger partial charge in [0, 0.05) is 13.0 Å². The van der Waals surface area contributed by atoms with Crippen molar-refractivity contribution in [3.05, 3.63) is 42.0 Å². The molecule has 0 spiro atoms. The summed E-state index contributed by atoms with van der Waals surface area (Å²) in [5.41, 5.74) is 0.830. The standard InChI is InChI=1S/C14H19N3O2/c1-3-17-14(15-10-16-17)9-13(18)11-6-5-7-12(8-11)19-4-2/h5-8,10,13,18H,3-4,9H2,1-2H3. The molecule has 0 saturated carbocycles. The Balaban J connectivity index is 2.11. The maximum absolute atomic E-state index is 10.3. The normalized spacial score (nSPS) is 12.4. The van der Waals surface area contributed by atoms with E-state index >= 15 is 0 Å². The molecule has 102 valence electrons. The van der Waals surface area contributed by atoms with E-state index in [0.717, 1.165) is 23.7 Å². The summed E-state index contributed by atoms with van der Waals surface area (Å²) in [4.78, 5) is 4.17. The molecule has 0 saturated heterocycles. The Morgan fingerprint density at radius 1 is 1.37 bits per heavy atom. The van der Waals surface area contributed by atoms with Crippen LogP contribution in [0.4, 0.5) is 0 Å². The number of aliphatic hydroxyl groups is 1. The Morgan fingerprint density at radius 3 is 2.95 bits per heavy atom. The summed E-state index contributed by atoms with van der Waals surface area (Å²) in [6.45, 7) is 5.30. The molecule has 1 aromatic carbocycles. The summed E-state index contributed by atoms with van der Waals surface area (Å²) < 4.78 is 7.22. The van der Waals surface area contributed by atoms with Crippen molar-refractivity contribution < 1.29 is 9.84 Å². The van der Waals surface area contributed by atoms with Crippen LogP contribution >= 0.6 is 0 Å². The van der Waals surface area contributed by atoms with Crippen LogP contribution < -0.4 is 4.74 Å². The molecule has 0 fully saturated rings. The van der Waals surface area contributed by atoms with Gasteiger partial charge in [-0.05, 0) is 31.5 Å². The van der Waals surface area contributed by atoms with Crippen molar-refractivity contribution in [1.82, 2.24) is 14.8 Å². The van der Waals surface area contributed by atoms with E-state index in [9.17, 15) is 5.11 Å². The van der Waals surface area contributed by atoms with E-state index in [1.54, 1.807) is 4.68 Å². The minimum Gasteiger partial charge on any atom is -0.494 e. The molecular formula is C14H19N3O2. The number of aliphatic hydroxyl groups excluding tert-OH is 1. The lowest BCUT2D eigenvalue weighted by Gasteiger charge is -2.12. The molecule has 2 aromatic rings. The minimum atomic E-state index is -0.602. The second-order valence-corrected chi connectivity index (χ2v) is 4.22. The predicted octanol–water partition coefficient (Wildman–Crippen LogP) is 1.97. The fraction of sp³-hybridized carbons (Fsp3) is 0.429. The Kier molecular flexibility index (Phi) is 4.52. The molecule has 1 heterocycles. The zero-order valence-electron chi connectivity index (χ0n) is 11.3. The molecule has 19 heavy (non-hydrogen) atoms. The highest BCUT2D eigenvalue weighted by molar-refractivity contribution is 5.30. The highest BCUT2D eigenvalue weighted by Crippen LogP contribution is 2.21. The first-order valence-electron chi connectivity index (χ1n) is 6.52. The number of benzene rings is 1. The predicted molar refractivity (Wildman–Crippen MR) is 72.0 cm³/mol. The highest BCUT2D eigenvalue weighted by Gasteiger charge is 2.13. The van der Waals surface area contributed by atoms with Crippen LogP contribution in [-0.4, -0.2) is 26.5 Å². The van der Waals surface area contributed by atoms with Crippen LogP contribution in [-0.2, 0) is 13.0 Å². The molecule has 0 bridgehead atoms. The molecule has 5 heteroatoms. The van der Waals surface area contributed by atoms with Gasteiger partial charge in [0.2, 0.25) is 0 Å². The summed E-state index contributed by atoms with van der Waals surface area (Å²) >= 11 is 0. The number of rotatable bonds is 6. The van der Waals surface area contributed by atoms with E-state index in [1.165, 1.54) is 6.33 Å². The van der Waals surface area contributed by atoms with Crippen LogP contribution in [0.5, 0.6) is 5.75 Å². The third kappa shape index (κ3) is 3.32. The lowest BCUT2D eigenvalue weighted by Crippen LogP contribution is -2.09. The second kappa shape index (κ2) is 6.33. The first-order valence-corrected chi connectivity index (χ1v) is 6.52. The zero-order valence-corrected chi connectivity index (χ0v) is 11.3. The molecule has 0 aliphatic heterocycles. The molecule has 0 amide bonds. The minimum absolute atomic E-state index is 0.448. The van der Waals surface area contributed by atoms with Crippen molar-refractivity contribution in [2.45, 2.75) is 32.9 Å². The molecule has 0 aliphatic carbocycles. The number of aryl methyl sites for hydroxylation is 1. The fourth-order valence-corrected chi connectivity index (χ4v) is 1.98. The lowest BCUT2D eigenvalue weighted by molar-refractivity contribution is 0.173. The van der Waals surface area contributed by atoms with E-state index in [1.807, 2.05) is 38.1 Å². The van der Waals surface area contributed by atoms with E-state index in [-0.39, 0.29) is 0 Å². The van der Waals surface area contributed by atoms with E-state index in [4.69, 9.17) is 4.74 Å². The summed E-state index contributed by atoms with van der Waals surface area (Å²) in [6.07, 6.45) is 1.36. The third-order valence-electron chi connectivity index (χ3n) is 2.93. The first kappa shape index (κ1) is 13.5. The van der Waals surface area contributed by atoms with Gasteiger partial charge in [-0.2, -0.15) is 5.10 Å². The van der Waals surface area contributed by atoms with E-state index in [0.29, 0.717) is 13.0 Å². The van der Waals surface area contributed by atoms with Gasteiger partial charge < -0.3 is 9.84 Å². The van der Waals surface area contributed by atoms with Gasteiger partial charge >= 0.3 is 0 Å². The lowest BCUT2D eigenvalue weighted by atomic mass is 10.1. The van der Waals surface area contributed by atoms with Crippen molar-refractivity contribution in [2.75, 3.05) is 6.61 Å². The van der Waals surface area contributed by atoms with E-state index < -0.39 is 6.10 Å². The van der Waals surface area contributed by atoms with Crippen LogP contribution in [0.1, 0.15) is 31.3 Å². The van der Waals surface area contributed by atoms with Gasteiger partial charge in [0.25, 0.3) is 0 Å². The molecule has 5 nitrogen and oxygen atoms in total. The van der Waals surface area contributed by atoms with Gasteiger partial charge in [0.05, 0.1) is 12.7 Å². The third-order valence-corrected chi connectivity index (χ3v) is 2.93. The molecule has 1 unspecified atom stereocenters. The largest absolute Gasteiger partial charge is 0.494 e. The Bertz CT molecular complexity index is 525. The summed E-state index contributed by atoms with van der Waals surface area (Å²) in [5.74, 6) is 1.56. The smallest absolute Gasteiger partial charge is 0.138 e. The summed E-state index contributed by atoms with van der Waals surface area (Å²) in [6, 6.07) is 7.52. The topological polar surface area (TPSA) is 60.2 Å². The van der Waals surface area contributed by atoms with Gasteiger partial charge in [-0.1, -0.05) is 12.1 Å². The zero-order chi connectivity index (χ0) is 13.7. The van der Waals surface area contributed by atoms with Crippen molar-refractivity contribution in [3.8, 4) is 5.75 Å². The summed E-state index contributed by atoms with van der Waals surface area (Å²) in [7, 11) is 0. The molecule has 1 atom stereocenters. The number of hydrogen-bond donors (Lipinski definition) is 1. The molecule has 1 aromatic heterocycles. The second-order valence-electron chi connectivity index (χ2n) is 4.22. The highest BCUT2D eigenvalue weighted by atomic mass is 16.5. The first-order chi connectivity index (χ1) is 9.24. The van der Waals surface area contributed by atoms with Crippen molar-refractivity contribution in [3.63, 3.8) is 0 Å². The van der Waals surface area contributed by atoms with Gasteiger partial charge in [-0.15, -0.1) is 0 Å². The fourth-order valence-electron chi connectivity index (χ4n) is 1.98. The van der Waals surface area contributed by atoms with Gasteiger partial charge in [-0.3, -0.25) is 4.68 Å². The SMILES string of the molecule is CCOc1cccc(C(O)Cc2ncnn2CC)c1. The van der Waals surface area contributed by atoms with Crippen LogP contribution in [0, 0.1) is 0 Å². The average Bonchev–Trinajstić information content (AvgIpc) is 2.86. The Morgan fingerprint density at radius 2 is 2.21 bits per heavy atom. The van der Waals surface area contributed by atoms with Crippen LogP contribution in [0.2, 0.25) is 0 Å². The van der Waals surface area contributed by atoms with Crippen LogP contribution in [0.25, 0.3) is 0 Å². The van der Waals surface area contributed by atoms with Crippen LogP contribution in [0.15, 0.2) is 30.6 Å². The molecular weight excluding hydrogens is 242 g/mol. The average molecular weight is 261 g/mol. The molecule has 1 N–H and O–H groups in total. The quantitative estimate of drug-likeness (QED) is 0.863. The Labute approximate surface area is 112 Å². The molecule has 0 aliphatic rings. The van der Waals surface area contributed by atoms with Gasteiger partial charge in [0.15, 0.2) is 0 Å². The van der Waals surface area contributed by atoms with E-state index in [2.05, 4.69) is 10.1 Å². The molecule has 2 rings (SSSR count). The Hall–Kier alpha value is -1.88.